The van der Waals surface area contributed by atoms with E-state index in [9.17, 15) is 4.79 Å². The van der Waals surface area contributed by atoms with Crippen molar-refractivity contribution in [3.63, 3.8) is 0 Å². The minimum absolute atomic E-state index is 0.227. The van der Waals surface area contributed by atoms with Crippen LogP contribution in [0.15, 0.2) is 60.8 Å². The van der Waals surface area contributed by atoms with Crippen LogP contribution < -0.4 is 14.8 Å². The third-order valence-corrected chi connectivity index (χ3v) is 4.52. The molecule has 0 saturated heterocycles. The molecule has 0 atom stereocenters. The lowest BCUT2D eigenvalue weighted by Crippen LogP contribution is -2.12. The zero-order valence-electron chi connectivity index (χ0n) is 16.5. The summed E-state index contributed by atoms with van der Waals surface area (Å²) in [7, 11) is 3.23. The smallest absolute Gasteiger partial charge is 0.257 e. The summed E-state index contributed by atoms with van der Waals surface area (Å²) in [4.78, 5) is 17.0. The van der Waals surface area contributed by atoms with Crippen molar-refractivity contribution in [1.82, 2.24) is 4.98 Å². The van der Waals surface area contributed by atoms with Gasteiger partial charge in [0.05, 0.1) is 25.5 Å². The lowest BCUT2D eigenvalue weighted by molar-refractivity contribution is 0.102. The minimum Gasteiger partial charge on any atom is -0.497 e. The highest BCUT2D eigenvalue weighted by molar-refractivity contribution is 6.04. The van der Waals surface area contributed by atoms with E-state index in [0.29, 0.717) is 22.9 Å². The lowest BCUT2D eigenvalue weighted by Gasteiger charge is -2.13. The van der Waals surface area contributed by atoms with E-state index in [1.807, 2.05) is 30.3 Å². The predicted molar refractivity (Wildman–Crippen MR) is 111 cm³/mol. The summed E-state index contributed by atoms with van der Waals surface area (Å²) in [5.41, 5.74) is 4.02. The van der Waals surface area contributed by atoms with Crippen LogP contribution in [-0.2, 0) is 0 Å². The molecule has 3 aromatic rings. The first-order valence-corrected chi connectivity index (χ1v) is 9.11. The number of anilines is 1. The summed E-state index contributed by atoms with van der Waals surface area (Å²) >= 11 is 0. The second kappa shape index (κ2) is 8.57. The molecule has 0 aliphatic rings. The highest BCUT2D eigenvalue weighted by Gasteiger charge is 2.12. The molecule has 1 amide bonds. The summed E-state index contributed by atoms with van der Waals surface area (Å²) in [5.74, 6) is 1.61. The van der Waals surface area contributed by atoms with Gasteiger partial charge in [0.25, 0.3) is 5.91 Å². The molecular weight excluding hydrogens is 352 g/mol. The molecule has 3 rings (SSSR count). The summed E-state index contributed by atoms with van der Waals surface area (Å²) < 4.78 is 10.7. The van der Waals surface area contributed by atoms with Crippen LogP contribution in [0.1, 0.15) is 35.7 Å². The second-order valence-electron chi connectivity index (χ2n) is 6.73. The Hall–Kier alpha value is -3.34. The van der Waals surface area contributed by atoms with Gasteiger partial charge in [0, 0.05) is 23.5 Å². The molecule has 2 aromatic carbocycles. The Labute approximate surface area is 165 Å². The van der Waals surface area contributed by atoms with E-state index in [-0.39, 0.29) is 5.91 Å². The molecule has 5 heteroatoms. The fraction of sp³-hybridized carbons (Fsp3) is 0.217. The Morgan fingerprint density at radius 2 is 1.82 bits per heavy atom. The fourth-order valence-electron chi connectivity index (χ4n) is 2.88. The van der Waals surface area contributed by atoms with Gasteiger partial charge >= 0.3 is 0 Å². The second-order valence-corrected chi connectivity index (χ2v) is 6.73. The monoisotopic (exact) mass is 376 g/mol. The van der Waals surface area contributed by atoms with Crippen molar-refractivity contribution in [1.29, 1.82) is 0 Å². The third-order valence-electron chi connectivity index (χ3n) is 4.52. The standard InChI is InChI=1S/C23H24N2O3/c1-15(2)16-9-11-22(28-4)20(12-16)21-10-8-17(14-24-21)23(26)25-18-6-5-7-19(13-18)27-3/h5-15H,1-4H3,(H,25,26). The molecule has 5 nitrogen and oxygen atoms in total. The van der Waals surface area contributed by atoms with Crippen LogP contribution in [0.25, 0.3) is 11.3 Å². The number of rotatable bonds is 6. The normalized spacial score (nSPS) is 10.6. The molecule has 0 aliphatic carbocycles. The van der Waals surface area contributed by atoms with Gasteiger partial charge < -0.3 is 14.8 Å². The van der Waals surface area contributed by atoms with Crippen molar-refractivity contribution >= 4 is 11.6 Å². The van der Waals surface area contributed by atoms with E-state index in [1.54, 1.807) is 32.5 Å². The van der Waals surface area contributed by atoms with Crippen LogP contribution in [0, 0.1) is 0 Å². The maximum Gasteiger partial charge on any atom is 0.257 e. The lowest BCUT2D eigenvalue weighted by atomic mass is 9.98. The quantitative estimate of drug-likeness (QED) is 0.647. The number of benzene rings is 2. The molecule has 1 aromatic heterocycles. The predicted octanol–water partition coefficient (Wildman–Crippen LogP) is 5.14. The van der Waals surface area contributed by atoms with Gasteiger partial charge in [0.15, 0.2) is 0 Å². The van der Waals surface area contributed by atoms with Crippen molar-refractivity contribution in [2.75, 3.05) is 19.5 Å². The van der Waals surface area contributed by atoms with E-state index in [4.69, 9.17) is 9.47 Å². The number of amides is 1. The number of aromatic nitrogens is 1. The Bertz CT molecular complexity index is 966. The Kier molecular flexibility index (Phi) is 5.94. The Morgan fingerprint density at radius 3 is 2.46 bits per heavy atom. The van der Waals surface area contributed by atoms with E-state index in [2.05, 4.69) is 36.3 Å². The highest BCUT2D eigenvalue weighted by atomic mass is 16.5. The number of hydrogen-bond donors (Lipinski definition) is 1. The topological polar surface area (TPSA) is 60.5 Å². The van der Waals surface area contributed by atoms with E-state index < -0.39 is 0 Å². The summed E-state index contributed by atoms with van der Waals surface area (Å²) in [6.45, 7) is 4.29. The largest absolute Gasteiger partial charge is 0.497 e. The van der Waals surface area contributed by atoms with Crippen LogP contribution in [0.5, 0.6) is 11.5 Å². The SMILES string of the molecule is COc1cccc(NC(=O)c2ccc(-c3cc(C(C)C)ccc3OC)nc2)c1. The van der Waals surface area contributed by atoms with Crippen LogP contribution in [0.2, 0.25) is 0 Å². The van der Waals surface area contributed by atoms with Crippen LogP contribution in [0.3, 0.4) is 0 Å². The van der Waals surface area contributed by atoms with Gasteiger partial charge in [-0.1, -0.05) is 26.0 Å². The number of nitrogens with one attached hydrogen (secondary N) is 1. The number of carbonyl (C=O) groups excluding carboxylic acids is 1. The summed E-state index contributed by atoms with van der Waals surface area (Å²) in [6, 6.07) is 16.9. The Morgan fingerprint density at radius 1 is 1.00 bits per heavy atom. The highest BCUT2D eigenvalue weighted by Crippen LogP contribution is 2.32. The van der Waals surface area contributed by atoms with Crippen molar-refractivity contribution in [2.45, 2.75) is 19.8 Å². The zero-order valence-corrected chi connectivity index (χ0v) is 16.5. The molecule has 0 spiro atoms. The Balaban J connectivity index is 1.83. The van der Waals surface area contributed by atoms with Crippen molar-refractivity contribution in [3.8, 4) is 22.8 Å². The number of nitrogens with zero attached hydrogens (tertiary/aromatic N) is 1. The number of ether oxygens (including phenoxy) is 2. The van der Waals surface area contributed by atoms with Gasteiger partial charge in [-0.3, -0.25) is 9.78 Å². The summed E-state index contributed by atoms with van der Waals surface area (Å²) in [5, 5.41) is 2.86. The molecule has 0 aliphatic heterocycles. The molecule has 0 saturated carbocycles. The maximum absolute atomic E-state index is 12.5. The van der Waals surface area contributed by atoms with E-state index in [1.165, 1.54) is 5.56 Å². The first kappa shape index (κ1) is 19.4. The summed E-state index contributed by atoms with van der Waals surface area (Å²) in [6.07, 6.45) is 1.58. The van der Waals surface area contributed by atoms with Crippen LogP contribution >= 0.6 is 0 Å². The van der Waals surface area contributed by atoms with Gasteiger partial charge in [0.2, 0.25) is 0 Å². The molecule has 0 fully saturated rings. The number of methoxy groups -OCH3 is 2. The third kappa shape index (κ3) is 4.31. The van der Waals surface area contributed by atoms with Gasteiger partial charge in [-0.2, -0.15) is 0 Å². The minimum atomic E-state index is -0.227. The molecule has 1 heterocycles. The zero-order chi connectivity index (χ0) is 20.1. The van der Waals surface area contributed by atoms with Crippen molar-refractivity contribution in [2.24, 2.45) is 0 Å². The molecule has 0 radical (unpaired) electrons. The molecule has 144 valence electrons. The first-order chi connectivity index (χ1) is 13.5. The van der Waals surface area contributed by atoms with E-state index in [0.717, 1.165) is 17.0 Å². The van der Waals surface area contributed by atoms with Gasteiger partial charge in [-0.05, 0) is 47.9 Å². The van der Waals surface area contributed by atoms with Gasteiger partial charge in [-0.25, -0.2) is 0 Å². The maximum atomic E-state index is 12.5. The van der Waals surface area contributed by atoms with Crippen molar-refractivity contribution < 1.29 is 14.3 Å². The average molecular weight is 376 g/mol. The molecule has 0 unspecified atom stereocenters. The first-order valence-electron chi connectivity index (χ1n) is 9.11. The molecular formula is C23H24N2O3. The average Bonchev–Trinajstić information content (AvgIpc) is 2.73. The number of hydrogen-bond acceptors (Lipinski definition) is 4. The molecule has 0 bridgehead atoms. The van der Waals surface area contributed by atoms with E-state index >= 15 is 0 Å². The number of carbonyl (C=O) groups is 1. The van der Waals surface area contributed by atoms with Crippen LogP contribution in [-0.4, -0.2) is 25.1 Å². The van der Waals surface area contributed by atoms with Crippen molar-refractivity contribution in [3.05, 3.63) is 71.9 Å². The fourth-order valence-corrected chi connectivity index (χ4v) is 2.88. The van der Waals surface area contributed by atoms with Gasteiger partial charge in [-0.15, -0.1) is 0 Å². The molecule has 28 heavy (non-hydrogen) atoms. The van der Waals surface area contributed by atoms with Gasteiger partial charge in [0.1, 0.15) is 11.5 Å². The molecule has 1 N–H and O–H groups in total. The van der Waals surface area contributed by atoms with Crippen LogP contribution in [0.4, 0.5) is 5.69 Å². The number of pyridine rings is 1.